The molecule has 1 fully saturated rings. The molecule has 6 nitrogen and oxygen atoms in total. The van der Waals surface area contributed by atoms with Crippen LogP contribution in [0.3, 0.4) is 0 Å². The van der Waals surface area contributed by atoms with Crippen molar-refractivity contribution in [2.24, 2.45) is 0 Å². The Morgan fingerprint density at radius 3 is 2.58 bits per heavy atom. The van der Waals surface area contributed by atoms with Crippen molar-refractivity contribution in [3.8, 4) is 0 Å². The number of nitro benzene ring substituents is 1. The van der Waals surface area contributed by atoms with Crippen LogP contribution >= 0.6 is 0 Å². The van der Waals surface area contributed by atoms with E-state index in [0.29, 0.717) is 5.56 Å². The number of amides is 1. The van der Waals surface area contributed by atoms with Gasteiger partial charge in [0.25, 0.3) is 11.6 Å². The van der Waals surface area contributed by atoms with E-state index in [9.17, 15) is 14.9 Å². The Hall–Kier alpha value is -2.11. The molecular formula is C13H17N3O3. The topological polar surface area (TPSA) is 89.5 Å². The van der Waals surface area contributed by atoms with Crippen molar-refractivity contribution in [2.45, 2.75) is 31.7 Å². The Labute approximate surface area is 111 Å². The molecular weight excluding hydrogens is 246 g/mol. The summed E-state index contributed by atoms with van der Waals surface area (Å²) >= 11 is 0. The van der Waals surface area contributed by atoms with Crippen molar-refractivity contribution in [3.05, 3.63) is 33.9 Å². The molecule has 2 rings (SSSR count). The summed E-state index contributed by atoms with van der Waals surface area (Å²) in [6.45, 7) is 0. The fraction of sp³-hybridized carbons (Fsp3) is 0.462. The van der Waals surface area contributed by atoms with Crippen LogP contribution in [0.5, 0.6) is 0 Å². The fourth-order valence-corrected chi connectivity index (χ4v) is 2.51. The lowest BCUT2D eigenvalue weighted by Crippen LogP contribution is -2.35. The summed E-state index contributed by atoms with van der Waals surface area (Å²) < 4.78 is 0. The van der Waals surface area contributed by atoms with Crippen molar-refractivity contribution in [1.29, 1.82) is 0 Å². The first kappa shape index (κ1) is 13.3. The van der Waals surface area contributed by atoms with Crippen LogP contribution in [0.4, 0.5) is 11.4 Å². The number of anilines is 1. The first-order valence-corrected chi connectivity index (χ1v) is 6.32. The third kappa shape index (κ3) is 2.67. The zero-order valence-corrected chi connectivity index (χ0v) is 10.8. The van der Waals surface area contributed by atoms with Crippen LogP contribution in [0, 0.1) is 10.1 Å². The minimum absolute atomic E-state index is 0.0238. The van der Waals surface area contributed by atoms with E-state index < -0.39 is 4.92 Å². The van der Waals surface area contributed by atoms with E-state index >= 15 is 0 Å². The summed E-state index contributed by atoms with van der Waals surface area (Å²) in [7, 11) is 1.77. The maximum atomic E-state index is 12.3. The maximum absolute atomic E-state index is 12.3. The van der Waals surface area contributed by atoms with Crippen molar-refractivity contribution < 1.29 is 9.72 Å². The monoisotopic (exact) mass is 263 g/mol. The first-order valence-electron chi connectivity index (χ1n) is 6.32. The molecule has 0 saturated heterocycles. The summed E-state index contributed by atoms with van der Waals surface area (Å²) in [5, 5.41) is 10.7. The second kappa shape index (κ2) is 5.26. The summed E-state index contributed by atoms with van der Waals surface area (Å²) in [5.41, 5.74) is 5.86. The first-order chi connectivity index (χ1) is 9.00. The average Bonchev–Trinajstić information content (AvgIpc) is 2.90. The molecule has 1 aromatic rings. The molecule has 0 aromatic heterocycles. The van der Waals surface area contributed by atoms with Crippen LogP contribution in [0.25, 0.3) is 0 Å². The van der Waals surface area contributed by atoms with Gasteiger partial charge < -0.3 is 10.6 Å². The minimum atomic E-state index is -0.551. The smallest absolute Gasteiger partial charge is 0.292 e. The van der Waals surface area contributed by atoms with Crippen molar-refractivity contribution in [3.63, 3.8) is 0 Å². The molecule has 0 spiro atoms. The van der Waals surface area contributed by atoms with Crippen LogP contribution in [-0.2, 0) is 0 Å². The molecule has 6 heteroatoms. The highest BCUT2D eigenvalue weighted by molar-refractivity contribution is 5.95. The van der Waals surface area contributed by atoms with Crippen molar-refractivity contribution in [1.82, 2.24) is 4.90 Å². The Bertz CT molecular complexity index is 510. The average molecular weight is 263 g/mol. The van der Waals surface area contributed by atoms with Crippen LogP contribution in [0.2, 0.25) is 0 Å². The molecule has 1 aliphatic carbocycles. The van der Waals surface area contributed by atoms with Gasteiger partial charge in [-0.1, -0.05) is 12.8 Å². The van der Waals surface area contributed by atoms with Crippen LogP contribution < -0.4 is 5.73 Å². The lowest BCUT2D eigenvalue weighted by atomic mass is 10.1. The van der Waals surface area contributed by atoms with E-state index in [1.807, 2.05) is 0 Å². The number of benzene rings is 1. The fourth-order valence-electron chi connectivity index (χ4n) is 2.51. The predicted octanol–water partition coefficient (Wildman–Crippen LogP) is 2.19. The summed E-state index contributed by atoms with van der Waals surface area (Å²) in [6.07, 6.45) is 4.32. The molecule has 0 heterocycles. The molecule has 1 aromatic carbocycles. The van der Waals surface area contributed by atoms with Crippen LogP contribution in [0.1, 0.15) is 36.0 Å². The summed E-state index contributed by atoms with van der Waals surface area (Å²) in [5.74, 6) is -0.131. The maximum Gasteiger partial charge on any atom is 0.292 e. The number of carbonyl (C=O) groups excluding carboxylic acids is 1. The number of nitrogens with two attached hydrogens (primary N) is 1. The van der Waals surface area contributed by atoms with Gasteiger partial charge in [0.15, 0.2) is 0 Å². The largest absolute Gasteiger partial charge is 0.393 e. The Morgan fingerprint density at radius 1 is 1.42 bits per heavy atom. The molecule has 1 saturated carbocycles. The Morgan fingerprint density at radius 2 is 2.05 bits per heavy atom. The number of hydrogen-bond acceptors (Lipinski definition) is 4. The lowest BCUT2D eigenvalue weighted by molar-refractivity contribution is -0.383. The third-order valence-electron chi connectivity index (χ3n) is 3.66. The minimum Gasteiger partial charge on any atom is -0.393 e. The molecule has 1 amide bonds. The van der Waals surface area contributed by atoms with Crippen LogP contribution in [0.15, 0.2) is 18.2 Å². The number of nitrogens with zero attached hydrogens (tertiary/aromatic N) is 2. The zero-order valence-electron chi connectivity index (χ0n) is 10.8. The SMILES string of the molecule is CN(C(=O)c1ccc([N+](=O)[O-])c(N)c1)C1CCCC1. The van der Waals surface area contributed by atoms with Gasteiger partial charge in [-0.05, 0) is 25.0 Å². The van der Waals surface area contributed by atoms with E-state index in [4.69, 9.17) is 5.73 Å². The number of nitrogen functional groups attached to an aromatic ring is 1. The highest BCUT2D eigenvalue weighted by Crippen LogP contribution is 2.26. The van der Waals surface area contributed by atoms with Gasteiger partial charge in [-0.3, -0.25) is 14.9 Å². The van der Waals surface area contributed by atoms with E-state index in [0.717, 1.165) is 25.7 Å². The van der Waals surface area contributed by atoms with Crippen LogP contribution in [-0.4, -0.2) is 28.8 Å². The lowest BCUT2D eigenvalue weighted by Gasteiger charge is -2.24. The summed E-state index contributed by atoms with van der Waals surface area (Å²) in [6, 6.07) is 4.39. The predicted molar refractivity (Wildman–Crippen MR) is 71.9 cm³/mol. The van der Waals surface area contributed by atoms with Gasteiger partial charge in [-0.2, -0.15) is 0 Å². The summed E-state index contributed by atoms with van der Waals surface area (Å²) in [4.78, 5) is 24.1. The molecule has 0 radical (unpaired) electrons. The number of nitro groups is 1. The molecule has 102 valence electrons. The second-order valence-electron chi connectivity index (χ2n) is 4.89. The molecule has 0 aliphatic heterocycles. The molecule has 1 aliphatic rings. The molecule has 0 unspecified atom stereocenters. The molecule has 0 atom stereocenters. The van der Waals surface area contributed by atoms with E-state index in [1.165, 1.54) is 18.2 Å². The number of rotatable bonds is 3. The van der Waals surface area contributed by atoms with Gasteiger partial charge in [0.2, 0.25) is 0 Å². The Balaban J connectivity index is 2.19. The zero-order chi connectivity index (χ0) is 14.0. The molecule has 19 heavy (non-hydrogen) atoms. The van der Waals surface area contributed by atoms with Crippen molar-refractivity contribution in [2.75, 3.05) is 12.8 Å². The van der Waals surface area contributed by atoms with Gasteiger partial charge in [0.05, 0.1) is 4.92 Å². The highest BCUT2D eigenvalue weighted by atomic mass is 16.6. The third-order valence-corrected chi connectivity index (χ3v) is 3.66. The Kier molecular flexibility index (Phi) is 3.69. The van der Waals surface area contributed by atoms with Crippen molar-refractivity contribution >= 4 is 17.3 Å². The van der Waals surface area contributed by atoms with E-state index in [1.54, 1.807) is 11.9 Å². The number of hydrogen-bond donors (Lipinski definition) is 1. The highest BCUT2D eigenvalue weighted by Gasteiger charge is 2.25. The van der Waals surface area contributed by atoms with Gasteiger partial charge in [-0.15, -0.1) is 0 Å². The number of carbonyl (C=O) groups is 1. The van der Waals surface area contributed by atoms with Gasteiger partial charge >= 0.3 is 0 Å². The van der Waals surface area contributed by atoms with Gasteiger partial charge in [-0.25, -0.2) is 0 Å². The van der Waals surface area contributed by atoms with E-state index in [-0.39, 0.29) is 23.3 Å². The second-order valence-corrected chi connectivity index (χ2v) is 4.89. The quantitative estimate of drug-likeness (QED) is 0.514. The molecule has 0 bridgehead atoms. The standard InChI is InChI=1S/C13H17N3O3/c1-15(10-4-2-3-5-10)13(17)9-6-7-12(16(18)19)11(14)8-9/h6-8,10H,2-5,14H2,1H3. The molecule has 2 N–H and O–H groups in total. The van der Waals surface area contributed by atoms with Gasteiger partial charge in [0, 0.05) is 24.7 Å². The normalized spacial score (nSPS) is 15.4. The van der Waals surface area contributed by atoms with Gasteiger partial charge in [0.1, 0.15) is 5.69 Å². The van der Waals surface area contributed by atoms with E-state index in [2.05, 4.69) is 0 Å².